The van der Waals surface area contributed by atoms with Crippen LogP contribution in [0.15, 0.2) is 42.5 Å². The number of aromatic nitrogens is 1. The van der Waals surface area contributed by atoms with Gasteiger partial charge in [-0.15, -0.1) is 0 Å². The van der Waals surface area contributed by atoms with Crippen LogP contribution in [0.2, 0.25) is 0 Å². The number of carboxylic acids is 1. The van der Waals surface area contributed by atoms with Gasteiger partial charge in [-0.1, -0.05) is 12.1 Å². The maximum atomic E-state index is 12.2. The Hall–Kier alpha value is -2.89. The molecule has 1 heterocycles. The predicted octanol–water partition coefficient (Wildman–Crippen LogP) is 1.76. The van der Waals surface area contributed by atoms with Crippen LogP contribution < -0.4 is 4.90 Å². The maximum Gasteiger partial charge on any atom is 0.354 e. The third-order valence-electron chi connectivity index (χ3n) is 2.71. The monoisotopic (exact) mass is 272 g/mol. The first kappa shape index (κ1) is 13.5. The van der Waals surface area contributed by atoms with E-state index in [1.807, 2.05) is 0 Å². The van der Waals surface area contributed by atoms with E-state index in [1.165, 1.54) is 42.3 Å². The highest BCUT2D eigenvalue weighted by Gasteiger charge is 2.16. The summed E-state index contributed by atoms with van der Waals surface area (Å²) in [6.45, 7) is 0. The lowest BCUT2D eigenvalue weighted by Crippen LogP contribution is -2.27. The van der Waals surface area contributed by atoms with Crippen molar-refractivity contribution in [3.63, 3.8) is 0 Å². The molecule has 6 nitrogen and oxygen atoms in total. The minimum absolute atomic E-state index is 0.0238. The third kappa shape index (κ3) is 2.74. The average molecular weight is 272 g/mol. The number of anilines is 1. The number of aromatic hydroxyl groups is 1. The van der Waals surface area contributed by atoms with Crippen LogP contribution in [-0.4, -0.2) is 34.1 Å². The molecular formula is C14H12N2O4. The molecule has 2 aromatic rings. The zero-order valence-corrected chi connectivity index (χ0v) is 10.6. The maximum absolute atomic E-state index is 12.2. The number of carbonyl (C=O) groups excluding carboxylic acids is 1. The van der Waals surface area contributed by atoms with E-state index >= 15 is 0 Å². The van der Waals surface area contributed by atoms with Gasteiger partial charge in [0.05, 0.1) is 0 Å². The summed E-state index contributed by atoms with van der Waals surface area (Å²) in [6.07, 6.45) is 0. The molecule has 0 unspecified atom stereocenters. The zero-order chi connectivity index (χ0) is 14.7. The molecule has 0 aliphatic rings. The predicted molar refractivity (Wildman–Crippen MR) is 72.0 cm³/mol. The lowest BCUT2D eigenvalue weighted by atomic mass is 10.2. The molecule has 0 radical (unpaired) electrons. The number of nitrogens with zero attached hydrogens (tertiary/aromatic N) is 2. The molecule has 2 N–H and O–H groups in total. The smallest absolute Gasteiger partial charge is 0.354 e. The second kappa shape index (κ2) is 5.40. The van der Waals surface area contributed by atoms with Crippen LogP contribution in [0.25, 0.3) is 0 Å². The number of aromatic carboxylic acids is 1. The molecule has 0 saturated heterocycles. The highest BCUT2D eigenvalue weighted by Crippen LogP contribution is 2.20. The summed E-state index contributed by atoms with van der Waals surface area (Å²) in [6, 6.07) is 10.4. The Morgan fingerprint density at radius 3 is 2.40 bits per heavy atom. The minimum Gasteiger partial charge on any atom is -0.508 e. The number of pyridine rings is 1. The molecule has 0 saturated carbocycles. The van der Waals surface area contributed by atoms with E-state index < -0.39 is 11.9 Å². The van der Waals surface area contributed by atoms with Crippen molar-refractivity contribution in [3.05, 3.63) is 53.9 Å². The molecule has 1 amide bonds. The van der Waals surface area contributed by atoms with Gasteiger partial charge in [-0.25, -0.2) is 9.78 Å². The topological polar surface area (TPSA) is 90.7 Å². The standard InChI is InChI=1S/C14H12N2O4/c1-16(9-4-2-5-10(17)8-9)13(18)11-6-3-7-12(15-11)14(19)20/h2-8,17H,1H3,(H,19,20). The number of carbonyl (C=O) groups is 2. The number of benzene rings is 1. The normalized spacial score (nSPS) is 10.1. The van der Waals surface area contributed by atoms with Crippen LogP contribution in [0.3, 0.4) is 0 Å². The molecule has 0 fully saturated rings. The van der Waals surface area contributed by atoms with Crippen molar-refractivity contribution in [2.45, 2.75) is 0 Å². The fraction of sp³-hybridized carbons (Fsp3) is 0.0714. The van der Waals surface area contributed by atoms with Crippen molar-refractivity contribution >= 4 is 17.6 Å². The van der Waals surface area contributed by atoms with Crippen molar-refractivity contribution in [1.82, 2.24) is 4.98 Å². The lowest BCUT2D eigenvalue weighted by molar-refractivity contribution is 0.0690. The molecule has 1 aromatic carbocycles. The molecule has 0 aliphatic heterocycles. The van der Waals surface area contributed by atoms with E-state index in [2.05, 4.69) is 4.98 Å². The lowest BCUT2D eigenvalue weighted by Gasteiger charge is -2.17. The van der Waals surface area contributed by atoms with Crippen LogP contribution in [0, 0.1) is 0 Å². The highest BCUT2D eigenvalue weighted by atomic mass is 16.4. The second-order valence-electron chi connectivity index (χ2n) is 4.10. The first-order chi connectivity index (χ1) is 9.49. The summed E-state index contributed by atoms with van der Waals surface area (Å²) >= 11 is 0. The number of phenolic OH excluding ortho intramolecular Hbond substituents is 1. The number of phenols is 1. The molecule has 1 aromatic heterocycles. The quantitative estimate of drug-likeness (QED) is 0.888. The number of amides is 1. The Labute approximate surface area is 114 Å². The van der Waals surface area contributed by atoms with Crippen molar-refractivity contribution in [2.75, 3.05) is 11.9 Å². The van der Waals surface area contributed by atoms with Gasteiger partial charge in [0.2, 0.25) is 0 Å². The van der Waals surface area contributed by atoms with E-state index in [1.54, 1.807) is 12.1 Å². The van der Waals surface area contributed by atoms with Gasteiger partial charge in [0.15, 0.2) is 0 Å². The zero-order valence-electron chi connectivity index (χ0n) is 10.6. The van der Waals surface area contributed by atoms with Crippen LogP contribution in [0.1, 0.15) is 21.0 Å². The van der Waals surface area contributed by atoms with Gasteiger partial charge in [-0.3, -0.25) is 4.79 Å². The Balaban J connectivity index is 2.31. The Bertz CT molecular complexity index is 670. The Kier molecular flexibility index (Phi) is 3.65. The van der Waals surface area contributed by atoms with Gasteiger partial charge in [-0.05, 0) is 24.3 Å². The SMILES string of the molecule is CN(C(=O)c1cccc(C(=O)O)n1)c1cccc(O)c1. The van der Waals surface area contributed by atoms with E-state index in [-0.39, 0.29) is 17.1 Å². The van der Waals surface area contributed by atoms with Crippen LogP contribution >= 0.6 is 0 Å². The van der Waals surface area contributed by atoms with E-state index in [9.17, 15) is 14.7 Å². The van der Waals surface area contributed by atoms with Gasteiger partial charge in [0.25, 0.3) is 5.91 Å². The molecule has 0 spiro atoms. The number of rotatable bonds is 3. The van der Waals surface area contributed by atoms with Crippen molar-refractivity contribution in [2.24, 2.45) is 0 Å². The molecule has 0 atom stereocenters. The van der Waals surface area contributed by atoms with Crippen molar-refractivity contribution < 1.29 is 19.8 Å². The number of carboxylic acid groups (broad SMARTS) is 1. The van der Waals surface area contributed by atoms with Crippen LogP contribution in [0.4, 0.5) is 5.69 Å². The van der Waals surface area contributed by atoms with Gasteiger partial charge >= 0.3 is 5.97 Å². The van der Waals surface area contributed by atoms with Crippen molar-refractivity contribution in [1.29, 1.82) is 0 Å². The van der Waals surface area contributed by atoms with Gasteiger partial charge in [-0.2, -0.15) is 0 Å². The number of hydrogen-bond donors (Lipinski definition) is 2. The second-order valence-corrected chi connectivity index (χ2v) is 4.10. The van der Waals surface area contributed by atoms with Crippen molar-refractivity contribution in [3.8, 4) is 5.75 Å². The van der Waals surface area contributed by atoms with E-state index in [4.69, 9.17) is 5.11 Å². The third-order valence-corrected chi connectivity index (χ3v) is 2.71. The first-order valence-electron chi connectivity index (χ1n) is 5.76. The highest BCUT2D eigenvalue weighted by molar-refractivity contribution is 6.05. The Morgan fingerprint density at radius 2 is 1.75 bits per heavy atom. The molecule has 102 valence electrons. The van der Waals surface area contributed by atoms with Crippen LogP contribution in [0.5, 0.6) is 5.75 Å². The molecule has 20 heavy (non-hydrogen) atoms. The summed E-state index contributed by atoms with van der Waals surface area (Å²) in [5, 5.41) is 18.3. The number of hydrogen-bond acceptors (Lipinski definition) is 4. The summed E-state index contributed by atoms with van der Waals surface area (Å²) < 4.78 is 0. The Morgan fingerprint density at radius 1 is 1.10 bits per heavy atom. The fourth-order valence-corrected chi connectivity index (χ4v) is 1.66. The van der Waals surface area contributed by atoms with Gasteiger partial charge in [0, 0.05) is 18.8 Å². The van der Waals surface area contributed by atoms with Crippen LogP contribution in [-0.2, 0) is 0 Å². The first-order valence-corrected chi connectivity index (χ1v) is 5.76. The molecule has 6 heteroatoms. The average Bonchev–Trinajstić information content (AvgIpc) is 2.45. The van der Waals surface area contributed by atoms with E-state index in [0.717, 1.165) is 0 Å². The van der Waals surface area contributed by atoms with E-state index in [0.29, 0.717) is 5.69 Å². The van der Waals surface area contributed by atoms with Gasteiger partial charge in [0.1, 0.15) is 17.1 Å². The largest absolute Gasteiger partial charge is 0.508 e. The summed E-state index contributed by atoms with van der Waals surface area (Å²) in [5.74, 6) is -1.62. The minimum atomic E-state index is -1.19. The summed E-state index contributed by atoms with van der Waals surface area (Å²) in [5.41, 5.74) is 0.313. The molecular weight excluding hydrogens is 260 g/mol. The summed E-state index contributed by atoms with van der Waals surface area (Å²) in [7, 11) is 1.52. The summed E-state index contributed by atoms with van der Waals surface area (Å²) in [4.78, 5) is 28.1. The fourth-order valence-electron chi connectivity index (χ4n) is 1.66. The molecule has 0 aliphatic carbocycles. The molecule has 2 rings (SSSR count). The van der Waals surface area contributed by atoms with Gasteiger partial charge < -0.3 is 15.1 Å². The molecule has 0 bridgehead atoms.